The monoisotopic (exact) mass is 464 g/mol. The standard InChI is InChI=1S/C24H21ClN4O4/c1-30-23-14(7-8-16(26-23)13-5-3-2-4-6-13)20-15(25)11-17-22(28-20)29-24(27-17)33-19-12-32-18-9-10-31-21(18)19/h2-8,11,18-19,21H,9-10,12H2,1H3,(H,27,28,29)/t18-,19?,21+/m1/s1. The van der Waals surface area contributed by atoms with Crippen molar-refractivity contribution >= 4 is 22.8 Å². The van der Waals surface area contributed by atoms with E-state index in [0.717, 1.165) is 17.7 Å². The van der Waals surface area contributed by atoms with Crippen LogP contribution < -0.4 is 9.47 Å². The molecule has 3 aromatic heterocycles. The van der Waals surface area contributed by atoms with E-state index in [0.29, 0.717) is 52.5 Å². The van der Waals surface area contributed by atoms with Crippen molar-refractivity contribution in [1.82, 2.24) is 19.9 Å². The van der Waals surface area contributed by atoms with Gasteiger partial charge in [-0.2, -0.15) is 4.98 Å². The highest BCUT2D eigenvalue weighted by atomic mass is 35.5. The lowest BCUT2D eigenvalue weighted by Gasteiger charge is -2.15. The van der Waals surface area contributed by atoms with Gasteiger partial charge in [0, 0.05) is 12.2 Å². The average Bonchev–Trinajstić information content (AvgIpc) is 3.56. The van der Waals surface area contributed by atoms with Crippen molar-refractivity contribution in [2.75, 3.05) is 20.3 Å². The van der Waals surface area contributed by atoms with Gasteiger partial charge in [-0.05, 0) is 24.6 Å². The van der Waals surface area contributed by atoms with E-state index in [2.05, 4.69) is 19.9 Å². The Balaban J connectivity index is 1.33. The molecule has 4 aromatic rings. The Morgan fingerprint density at radius 2 is 1.94 bits per heavy atom. The van der Waals surface area contributed by atoms with E-state index in [-0.39, 0.29) is 18.3 Å². The summed E-state index contributed by atoms with van der Waals surface area (Å²) in [6.45, 7) is 1.16. The third kappa shape index (κ3) is 3.70. The number of hydrogen-bond donors (Lipinski definition) is 1. The highest BCUT2D eigenvalue weighted by molar-refractivity contribution is 6.33. The molecule has 168 valence electrons. The third-order valence-electron chi connectivity index (χ3n) is 5.97. The number of fused-ring (bicyclic) bond motifs is 2. The lowest BCUT2D eigenvalue weighted by Crippen LogP contribution is -2.32. The fraction of sp³-hybridized carbons (Fsp3) is 0.292. The van der Waals surface area contributed by atoms with Gasteiger partial charge >= 0.3 is 0 Å². The van der Waals surface area contributed by atoms with Gasteiger partial charge < -0.3 is 23.9 Å². The van der Waals surface area contributed by atoms with Crippen LogP contribution in [0.25, 0.3) is 33.7 Å². The maximum atomic E-state index is 6.60. The van der Waals surface area contributed by atoms with Gasteiger partial charge in [-0.1, -0.05) is 41.9 Å². The summed E-state index contributed by atoms with van der Waals surface area (Å²) in [6, 6.07) is 15.9. The van der Waals surface area contributed by atoms with Gasteiger partial charge in [0.05, 0.1) is 47.3 Å². The number of nitrogens with zero attached hydrogens (tertiary/aromatic N) is 3. The molecule has 5 heterocycles. The number of pyridine rings is 2. The van der Waals surface area contributed by atoms with Crippen LogP contribution in [0.2, 0.25) is 5.02 Å². The molecule has 0 saturated carbocycles. The SMILES string of the molecule is COc1nc(-c2ccccc2)ccc1-c1nc2nc(OC3CO[C@@H]4CCO[C@H]34)[nH]c2cc1Cl. The molecule has 0 amide bonds. The quantitative estimate of drug-likeness (QED) is 0.471. The predicted octanol–water partition coefficient (Wildman–Crippen LogP) is 4.28. The van der Waals surface area contributed by atoms with E-state index in [1.807, 2.05) is 42.5 Å². The summed E-state index contributed by atoms with van der Waals surface area (Å²) in [5.74, 6) is 0.435. The van der Waals surface area contributed by atoms with E-state index in [9.17, 15) is 0 Å². The second-order valence-corrected chi connectivity index (χ2v) is 8.41. The van der Waals surface area contributed by atoms with Crippen LogP contribution >= 0.6 is 11.6 Å². The molecule has 1 N–H and O–H groups in total. The minimum absolute atomic E-state index is 0.0659. The smallest absolute Gasteiger partial charge is 0.296 e. The molecule has 0 bridgehead atoms. The van der Waals surface area contributed by atoms with E-state index < -0.39 is 0 Å². The van der Waals surface area contributed by atoms with E-state index in [4.69, 9.17) is 30.5 Å². The van der Waals surface area contributed by atoms with Gasteiger partial charge in [0.15, 0.2) is 11.8 Å². The van der Waals surface area contributed by atoms with Gasteiger partial charge in [0.25, 0.3) is 6.01 Å². The van der Waals surface area contributed by atoms with Crippen molar-refractivity contribution < 1.29 is 18.9 Å². The van der Waals surface area contributed by atoms with Crippen LogP contribution in [0.5, 0.6) is 11.9 Å². The molecule has 0 spiro atoms. The molecule has 9 heteroatoms. The molecule has 2 aliphatic heterocycles. The van der Waals surface area contributed by atoms with Crippen molar-refractivity contribution in [3.8, 4) is 34.4 Å². The number of imidazole rings is 1. The topological polar surface area (TPSA) is 91.4 Å². The molecule has 33 heavy (non-hydrogen) atoms. The number of methoxy groups -OCH3 is 1. The fourth-order valence-electron chi connectivity index (χ4n) is 4.36. The Morgan fingerprint density at radius 3 is 2.79 bits per heavy atom. The van der Waals surface area contributed by atoms with E-state index in [1.54, 1.807) is 13.2 Å². The highest BCUT2D eigenvalue weighted by Gasteiger charge is 2.43. The first-order chi connectivity index (χ1) is 16.2. The van der Waals surface area contributed by atoms with E-state index >= 15 is 0 Å². The maximum absolute atomic E-state index is 6.60. The van der Waals surface area contributed by atoms with Gasteiger partial charge in [0.2, 0.25) is 5.88 Å². The number of rotatable bonds is 5. The van der Waals surface area contributed by atoms with Crippen LogP contribution in [-0.4, -0.2) is 58.6 Å². The van der Waals surface area contributed by atoms with Crippen molar-refractivity contribution in [3.05, 3.63) is 53.6 Å². The van der Waals surface area contributed by atoms with Crippen molar-refractivity contribution in [2.24, 2.45) is 0 Å². The second kappa shape index (κ2) is 8.30. The Bertz CT molecular complexity index is 1310. The number of aromatic nitrogens is 4. The summed E-state index contributed by atoms with van der Waals surface area (Å²) in [4.78, 5) is 17.0. The number of nitrogens with one attached hydrogen (secondary N) is 1. The summed E-state index contributed by atoms with van der Waals surface area (Å²) in [5.41, 5.74) is 4.18. The van der Waals surface area contributed by atoms with Gasteiger partial charge in [-0.25, -0.2) is 9.97 Å². The summed E-state index contributed by atoms with van der Waals surface area (Å²) in [5, 5.41) is 0.452. The summed E-state index contributed by atoms with van der Waals surface area (Å²) in [7, 11) is 1.58. The zero-order valence-electron chi connectivity index (χ0n) is 17.8. The first-order valence-corrected chi connectivity index (χ1v) is 11.1. The van der Waals surface area contributed by atoms with Gasteiger partial charge in [-0.15, -0.1) is 0 Å². The second-order valence-electron chi connectivity index (χ2n) is 8.00. The first kappa shape index (κ1) is 20.4. The van der Waals surface area contributed by atoms with Crippen molar-refractivity contribution in [2.45, 2.75) is 24.7 Å². The molecular formula is C24H21ClN4O4. The van der Waals surface area contributed by atoms with Crippen LogP contribution in [0.3, 0.4) is 0 Å². The zero-order valence-corrected chi connectivity index (χ0v) is 18.6. The number of halogens is 1. The molecular weight excluding hydrogens is 444 g/mol. The molecule has 0 radical (unpaired) electrons. The minimum Gasteiger partial charge on any atom is -0.480 e. The van der Waals surface area contributed by atoms with E-state index in [1.165, 1.54) is 0 Å². The number of benzene rings is 1. The molecule has 6 rings (SSSR count). The Morgan fingerprint density at radius 1 is 1.06 bits per heavy atom. The fourth-order valence-corrected chi connectivity index (χ4v) is 4.61. The van der Waals surface area contributed by atoms with Crippen LogP contribution in [0, 0.1) is 0 Å². The average molecular weight is 465 g/mol. The van der Waals surface area contributed by atoms with Crippen LogP contribution in [0.1, 0.15) is 6.42 Å². The third-order valence-corrected chi connectivity index (χ3v) is 6.25. The molecule has 1 unspecified atom stereocenters. The summed E-state index contributed by atoms with van der Waals surface area (Å²) < 4.78 is 23.1. The highest BCUT2D eigenvalue weighted by Crippen LogP contribution is 2.36. The van der Waals surface area contributed by atoms with Crippen LogP contribution in [0.4, 0.5) is 0 Å². The van der Waals surface area contributed by atoms with Gasteiger partial charge in [0.1, 0.15) is 6.10 Å². The predicted molar refractivity (Wildman–Crippen MR) is 123 cm³/mol. The Kier molecular flexibility index (Phi) is 5.13. The number of aromatic amines is 1. The number of hydrogen-bond acceptors (Lipinski definition) is 7. The molecule has 0 aliphatic carbocycles. The summed E-state index contributed by atoms with van der Waals surface area (Å²) >= 11 is 6.60. The number of ether oxygens (including phenoxy) is 4. The van der Waals surface area contributed by atoms with Crippen LogP contribution in [0.15, 0.2) is 48.5 Å². The first-order valence-electron chi connectivity index (χ1n) is 10.8. The molecule has 8 nitrogen and oxygen atoms in total. The summed E-state index contributed by atoms with van der Waals surface area (Å²) in [6.07, 6.45) is 0.716. The Hall–Kier alpha value is -3.20. The Labute approximate surface area is 194 Å². The zero-order chi connectivity index (χ0) is 22.4. The molecule has 1 aromatic carbocycles. The minimum atomic E-state index is -0.206. The largest absolute Gasteiger partial charge is 0.480 e. The van der Waals surface area contributed by atoms with Crippen molar-refractivity contribution in [1.29, 1.82) is 0 Å². The molecule has 2 saturated heterocycles. The van der Waals surface area contributed by atoms with Crippen molar-refractivity contribution in [3.63, 3.8) is 0 Å². The van der Waals surface area contributed by atoms with Gasteiger partial charge in [-0.3, -0.25) is 0 Å². The number of H-pyrrole nitrogens is 1. The molecule has 2 fully saturated rings. The molecule has 3 atom stereocenters. The maximum Gasteiger partial charge on any atom is 0.296 e. The molecule has 2 aliphatic rings. The van der Waals surface area contributed by atoms with Crippen LogP contribution in [-0.2, 0) is 9.47 Å². The normalized spacial score (nSPS) is 21.9. The lowest BCUT2D eigenvalue weighted by molar-refractivity contribution is 0.0273. The lowest BCUT2D eigenvalue weighted by atomic mass is 10.1.